The molecule has 2 aromatic rings. The van der Waals surface area contributed by atoms with Gasteiger partial charge in [-0.05, 0) is 38.1 Å². The van der Waals surface area contributed by atoms with Gasteiger partial charge in [0.05, 0.1) is 6.26 Å². The number of aromatic nitrogens is 1. The molecule has 3 rings (SSSR count). The molecule has 0 unspecified atom stereocenters. The predicted octanol–water partition coefficient (Wildman–Crippen LogP) is 1.42. The highest BCUT2D eigenvalue weighted by Crippen LogP contribution is 2.20. The summed E-state index contributed by atoms with van der Waals surface area (Å²) in [6.07, 6.45) is 3.43. The Bertz CT molecular complexity index is 541. The largest absolute Gasteiger partial charge is 0.461 e. The maximum absolute atomic E-state index is 12.0. The van der Waals surface area contributed by atoms with Crippen LogP contribution in [0.25, 0.3) is 11.5 Å². The Balaban J connectivity index is 1.67. The molecule has 19 heavy (non-hydrogen) atoms. The van der Waals surface area contributed by atoms with Crippen molar-refractivity contribution in [3.63, 3.8) is 0 Å². The molecule has 0 spiro atoms. The van der Waals surface area contributed by atoms with E-state index in [0.29, 0.717) is 11.5 Å². The lowest BCUT2D eigenvalue weighted by molar-refractivity contribution is 0.0920. The van der Waals surface area contributed by atoms with Crippen molar-refractivity contribution < 1.29 is 13.7 Å². The molecule has 0 atom stereocenters. The van der Waals surface area contributed by atoms with E-state index in [2.05, 4.69) is 15.8 Å². The summed E-state index contributed by atoms with van der Waals surface area (Å²) in [7, 11) is 0. The van der Waals surface area contributed by atoms with Crippen molar-refractivity contribution in [2.24, 2.45) is 0 Å². The average molecular weight is 261 g/mol. The molecular weight excluding hydrogens is 246 g/mol. The standard InChI is InChI=1S/C13H15N3O3/c17-13(15-9-3-5-14-6-4-9)10-8-12(19-16-10)11-2-1-7-18-11/h1-2,7-9,14H,3-6H2,(H,15,17). The van der Waals surface area contributed by atoms with E-state index in [0.717, 1.165) is 25.9 Å². The van der Waals surface area contributed by atoms with Gasteiger partial charge in [-0.1, -0.05) is 5.16 Å². The monoisotopic (exact) mass is 261 g/mol. The molecule has 0 bridgehead atoms. The van der Waals surface area contributed by atoms with Gasteiger partial charge in [-0.3, -0.25) is 4.79 Å². The third-order valence-corrected chi connectivity index (χ3v) is 3.18. The van der Waals surface area contributed by atoms with Crippen molar-refractivity contribution in [2.75, 3.05) is 13.1 Å². The molecule has 1 aliphatic rings. The molecule has 0 saturated carbocycles. The van der Waals surface area contributed by atoms with Crippen LogP contribution in [0.5, 0.6) is 0 Å². The van der Waals surface area contributed by atoms with E-state index in [9.17, 15) is 4.79 Å². The molecule has 0 radical (unpaired) electrons. The summed E-state index contributed by atoms with van der Waals surface area (Å²) >= 11 is 0. The maximum Gasteiger partial charge on any atom is 0.273 e. The Labute approximate surface area is 110 Å². The first-order valence-electron chi connectivity index (χ1n) is 6.35. The van der Waals surface area contributed by atoms with Crippen LogP contribution < -0.4 is 10.6 Å². The quantitative estimate of drug-likeness (QED) is 0.873. The minimum absolute atomic E-state index is 0.201. The van der Waals surface area contributed by atoms with Crippen molar-refractivity contribution in [2.45, 2.75) is 18.9 Å². The third kappa shape index (κ3) is 2.68. The lowest BCUT2D eigenvalue weighted by Gasteiger charge is -2.23. The summed E-state index contributed by atoms with van der Waals surface area (Å²) in [5, 5.41) is 9.99. The zero-order chi connectivity index (χ0) is 13.1. The number of furan rings is 1. The van der Waals surface area contributed by atoms with E-state index < -0.39 is 0 Å². The number of hydrogen-bond donors (Lipinski definition) is 2. The number of nitrogens with one attached hydrogen (secondary N) is 2. The van der Waals surface area contributed by atoms with Crippen LogP contribution in [0.4, 0.5) is 0 Å². The Morgan fingerprint density at radius 1 is 1.37 bits per heavy atom. The predicted molar refractivity (Wildman–Crippen MR) is 67.6 cm³/mol. The number of carbonyl (C=O) groups is 1. The summed E-state index contributed by atoms with van der Waals surface area (Å²) in [4.78, 5) is 12.0. The normalized spacial score (nSPS) is 16.4. The molecule has 0 aromatic carbocycles. The summed E-state index contributed by atoms with van der Waals surface area (Å²) < 4.78 is 10.3. The van der Waals surface area contributed by atoms with Gasteiger partial charge in [0.2, 0.25) is 5.76 Å². The fourth-order valence-electron chi connectivity index (χ4n) is 2.14. The zero-order valence-corrected chi connectivity index (χ0v) is 10.4. The Hall–Kier alpha value is -2.08. The fourth-order valence-corrected chi connectivity index (χ4v) is 2.14. The lowest BCUT2D eigenvalue weighted by Crippen LogP contribution is -2.42. The highest BCUT2D eigenvalue weighted by Gasteiger charge is 2.19. The van der Waals surface area contributed by atoms with Gasteiger partial charge in [-0.2, -0.15) is 0 Å². The summed E-state index contributed by atoms with van der Waals surface area (Å²) in [5.41, 5.74) is 0.282. The number of carbonyl (C=O) groups excluding carboxylic acids is 1. The van der Waals surface area contributed by atoms with Crippen molar-refractivity contribution in [1.82, 2.24) is 15.8 Å². The first-order valence-corrected chi connectivity index (χ1v) is 6.35. The topological polar surface area (TPSA) is 80.3 Å². The van der Waals surface area contributed by atoms with Crippen LogP contribution in [-0.4, -0.2) is 30.2 Å². The van der Waals surface area contributed by atoms with Crippen molar-refractivity contribution >= 4 is 5.91 Å². The Morgan fingerprint density at radius 3 is 2.95 bits per heavy atom. The SMILES string of the molecule is O=C(NC1CCNCC1)c1cc(-c2ccco2)on1. The molecule has 6 nitrogen and oxygen atoms in total. The number of piperidine rings is 1. The molecule has 6 heteroatoms. The summed E-state index contributed by atoms with van der Waals surface area (Å²) in [5.74, 6) is 0.822. The second-order valence-corrected chi connectivity index (χ2v) is 4.55. The van der Waals surface area contributed by atoms with Crippen LogP contribution in [0.3, 0.4) is 0 Å². The summed E-state index contributed by atoms with van der Waals surface area (Å²) in [6.45, 7) is 1.86. The summed E-state index contributed by atoms with van der Waals surface area (Å²) in [6, 6.07) is 5.31. The number of hydrogen-bond acceptors (Lipinski definition) is 5. The van der Waals surface area contributed by atoms with Crippen LogP contribution in [0.15, 0.2) is 33.4 Å². The first kappa shape index (κ1) is 12.0. The molecule has 1 saturated heterocycles. The zero-order valence-electron chi connectivity index (χ0n) is 10.4. The van der Waals surface area contributed by atoms with Gasteiger partial charge < -0.3 is 19.6 Å². The Morgan fingerprint density at radius 2 is 2.21 bits per heavy atom. The maximum atomic E-state index is 12.0. The number of rotatable bonds is 3. The van der Waals surface area contributed by atoms with Crippen molar-refractivity contribution in [3.8, 4) is 11.5 Å². The van der Waals surface area contributed by atoms with E-state index >= 15 is 0 Å². The highest BCUT2D eigenvalue weighted by molar-refractivity contribution is 5.93. The molecule has 2 aromatic heterocycles. The minimum Gasteiger partial charge on any atom is -0.461 e. The van der Waals surface area contributed by atoms with Gasteiger partial charge in [-0.15, -0.1) is 0 Å². The van der Waals surface area contributed by atoms with Gasteiger partial charge in [0, 0.05) is 12.1 Å². The van der Waals surface area contributed by atoms with E-state index in [-0.39, 0.29) is 17.6 Å². The second-order valence-electron chi connectivity index (χ2n) is 4.55. The second kappa shape index (κ2) is 5.27. The molecule has 1 aliphatic heterocycles. The van der Waals surface area contributed by atoms with Gasteiger partial charge in [-0.25, -0.2) is 0 Å². The number of amides is 1. The molecule has 100 valence electrons. The first-order chi connectivity index (χ1) is 9.33. The smallest absolute Gasteiger partial charge is 0.273 e. The fraction of sp³-hybridized carbons (Fsp3) is 0.385. The molecule has 0 aliphatic carbocycles. The van der Waals surface area contributed by atoms with Crippen LogP contribution in [0.1, 0.15) is 23.3 Å². The van der Waals surface area contributed by atoms with Crippen LogP contribution in [-0.2, 0) is 0 Å². The van der Waals surface area contributed by atoms with Crippen LogP contribution >= 0.6 is 0 Å². The van der Waals surface area contributed by atoms with E-state index in [4.69, 9.17) is 8.94 Å². The van der Waals surface area contributed by atoms with Crippen molar-refractivity contribution in [1.29, 1.82) is 0 Å². The average Bonchev–Trinajstić information content (AvgIpc) is 3.11. The molecular formula is C13H15N3O3. The highest BCUT2D eigenvalue weighted by atomic mass is 16.5. The third-order valence-electron chi connectivity index (χ3n) is 3.18. The van der Waals surface area contributed by atoms with E-state index in [1.54, 1.807) is 24.5 Å². The van der Waals surface area contributed by atoms with Gasteiger partial charge in [0.1, 0.15) is 0 Å². The molecule has 1 amide bonds. The van der Waals surface area contributed by atoms with Gasteiger partial charge in [0.15, 0.2) is 11.5 Å². The molecule has 3 heterocycles. The van der Waals surface area contributed by atoms with E-state index in [1.807, 2.05) is 0 Å². The van der Waals surface area contributed by atoms with Gasteiger partial charge in [0.25, 0.3) is 5.91 Å². The molecule has 1 fully saturated rings. The lowest BCUT2D eigenvalue weighted by atomic mass is 10.1. The van der Waals surface area contributed by atoms with Crippen LogP contribution in [0, 0.1) is 0 Å². The molecule has 2 N–H and O–H groups in total. The van der Waals surface area contributed by atoms with Gasteiger partial charge >= 0.3 is 0 Å². The van der Waals surface area contributed by atoms with Crippen molar-refractivity contribution in [3.05, 3.63) is 30.2 Å². The van der Waals surface area contributed by atoms with Crippen LogP contribution in [0.2, 0.25) is 0 Å². The van der Waals surface area contributed by atoms with E-state index in [1.165, 1.54) is 0 Å². The number of nitrogens with zero attached hydrogens (tertiary/aromatic N) is 1. The minimum atomic E-state index is -0.201. The Kier molecular flexibility index (Phi) is 3.33.